The molecule has 1 saturated heterocycles. The van der Waals surface area contributed by atoms with Crippen LogP contribution in [0, 0.1) is 5.92 Å². The molecule has 3 atom stereocenters. The fourth-order valence-corrected chi connectivity index (χ4v) is 5.66. The van der Waals surface area contributed by atoms with Crippen LogP contribution in [-0.4, -0.2) is 44.6 Å². The van der Waals surface area contributed by atoms with Gasteiger partial charge in [0.25, 0.3) is 0 Å². The molecule has 24 heavy (non-hydrogen) atoms. The van der Waals surface area contributed by atoms with Crippen LogP contribution in [0.4, 0.5) is 0 Å². The zero-order valence-corrected chi connectivity index (χ0v) is 13.6. The zero-order chi connectivity index (χ0) is 17.0. The third-order valence-electron chi connectivity index (χ3n) is 4.06. The third kappa shape index (κ3) is 2.13. The van der Waals surface area contributed by atoms with Crippen molar-refractivity contribution < 1.29 is 23.9 Å². The molecule has 124 valence electrons. The van der Waals surface area contributed by atoms with Crippen molar-refractivity contribution in [1.29, 1.82) is 0 Å². The van der Waals surface area contributed by atoms with E-state index >= 15 is 0 Å². The Bertz CT molecular complexity index is 899. The summed E-state index contributed by atoms with van der Waals surface area (Å²) in [4.78, 5) is 51.7. The summed E-state index contributed by atoms with van der Waals surface area (Å²) in [7, 11) is 0. The van der Waals surface area contributed by atoms with Crippen LogP contribution in [0.25, 0.3) is 0 Å². The molecule has 2 N–H and O–H groups in total. The monoisotopic (exact) mass is 366 g/mol. The van der Waals surface area contributed by atoms with Gasteiger partial charge < -0.3 is 14.5 Å². The van der Waals surface area contributed by atoms with Crippen LogP contribution in [0.1, 0.15) is 16.6 Å². The number of thiazole rings is 1. The van der Waals surface area contributed by atoms with Crippen molar-refractivity contribution >= 4 is 40.9 Å². The minimum absolute atomic E-state index is 0.272. The van der Waals surface area contributed by atoms with Gasteiger partial charge in [0.05, 0.1) is 28.0 Å². The van der Waals surface area contributed by atoms with Gasteiger partial charge in [0.2, 0.25) is 11.8 Å². The smallest absolute Gasteiger partial charge is 0.323 e. The van der Waals surface area contributed by atoms with Gasteiger partial charge in [-0.25, -0.2) is 0 Å². The fourth-order valence-electron chi connectivity index (χ4n) is 3.14. The normalized spacial score (nSPS) is 25.7. The van der Waals surface area contributed by atoms with Crippen molar-refractivity contribution in [2.24, 2.45) is 5.92 Å². The molecule has 0 unspecified atom stereocenters. The number of aliphatic carboxylic acids is 1. The number of imide groups is 1. The summed E-state index contributed by atoms with van der Waals surface area (Å²) in [5.74, 6) is -3.25. The molecule has 0 spiro atoms. The largest absolute Gasteiger partial charge is 0.480 e. The van der Waals surface area contributed by atoms with E-state index in [2.05, 4.69) is 4.98 Å². The van der Waals surface area contributed by atoms with Crippen LogP contribution in [0.15, 0.2) is 32.6 Å². The van der Waals surface area contributed by atoms with Crippen molar-refractivity contribution in [2.75, 3.05) is 6.54 Å². The first kappa shape index (κ1) is 15.2. The molecule has 2 aliphatic rings. The molecule has 8 nitrogen and oxygen atoms in total. The minimum Gasteiger partial charge on any atom is -0.480 e. The fraction of sp³-hybridized carbons (Fsp3) is 0.286. The van der Waals surface area contributed by atoms with Crippen molar-refractivity contribution in [3.63, 3.8) is 0 Å². The number of carboxylic acids is 1. The van der Waals surface area contributed by atoms with Crippen LogP contribution in [0.3, 0.4) is 0 Å². The van der Waals surface area contributed by atoms with E-state index < -0.39 is 41.4 Å². The first-order valence-corrected chi connectivity index (χ1v) is 8.67. The summed E-state index contributed by atoms with van der Waals surface area (Å²) in [5.41, 5.74) is 0. The second-order valence-corrected chi connectivity index (χ2v) is 7.59. The van der Waals surface area contributed by atoms with Gasteiger partial charge in [0.1, 0.15) is 17.6 Å². The van der Waals surface area contributed by atoms with Crippen molar-refractivity contribution in [1.82, 2.24) is 9.88 Å². The van der Waals surface area contributed by atoms with Gasteiger partial charge in [-0.05, 0) is 12.1 Å². The van der Waals surface area contributed by atoms with Crippen molar-refractivity contribution in [2.45, 2.75) is 16.2 Å². The Hall–Kier alpha value is -2.33. The van der Waals surface area contributed by atoms with Gasteiger partial charge >= 0.3 is 10.8 Å². The van der Waals surface area contributed by atoms with Crippen LogP contribution in [-0.2, 0) is 14.4 Å². The van der Waals surface area contributed by atoms with Gasteiger partial charge in [0, 0.05) is 0 Å². The first-order chi connectivity index (χ1) is 11.5. The number of nitrogens with one attached hydrogen (secondary N) is 1. The summed E-state index contributed by atoms with van der Waals surface area (Å²) in [6.45, 7) is -0.666. The van der Waals surface area contributed by atoms with Gasteiger partial charge in [-0.2, -0.15) is 0 Å². The number of H-pyrrole nitrogens is 1. The quantitative estimate of drug-likeness (QED) is 0.767. The van der Waals surface area contributed by atoms with E-state index in [0.717, 1.165) is 28.0 Å². The molecular weight excluding hydrogens is 356 g/mol. The molecule has 1 fully saturated rings. The number of likely N-dealkylation sites (tertiary alicyclic amines) is 1. The number of carbonyl (C=O) groups excluding carboxylic acids is 2. The lowest BCUT2D eigenvalue weighted by Gasteiger charge is -2.27. The number of aromatic nitrogens is 1. The second kappa shape index (κ2) is 5.35. The van der Waals surface area contributed by atoms with E-state index in [0.29, 0.717) is 15.7 Å². The SMILES string of the molecule is O=C(O)CN1C(=O)[C@@H]2[C@H](c3ccco3)c3sc(=O)[nH]c3S[C@@H]2C1=O. The van der Waals surface area contributed by atoms with Crippen molar-refractivity contribution in [3.8, 4) is 0 Å². The van der Waals surface area contributed by atoms with Gasteiger partial charge in [-0.1, -0.05) is 23.1 Å². The summed E-state index contributed by atoms with van der Waals surface area (Å²) in [6, 6.07) is 3.35. The summed E-state index contributed by atoms with van der Waals surface area (Å²) in [5, 5.41) is 8.71. The average Bonchev–Trinajstić information content (AvgIpc) is 3.21. The lowest BCUT2D eigenvalue weighted by molar-refractivity contribution is -0.149. The Kier molecular flexibility index (Phi) is 3.39. The highest BCUT2D eigenvalue weighted by Crippen LogP contribution is 2.52. The number of nitrogens with zero attached hydrogens (tertiary/aromatic N) is 1. The molecule has 0 aromatic carbocycles. The minimum atomic E-state index is -1.25. The highest BCUT2D eigenvalue weighted by Gasteiger charge is 2.56. The lowest BCUT2D eigenvalue weighted by atomic mass is 9.87. The maximum absolute atomic E-state index is 12.7. The number of thioether (sulfide) groups is 1. The highest BCUT2D eigenvalue weighted by molar-refractivity contribution is 8.00. The molecule has 0 aliphatic carbocycles. The zero-order valence-electron chi connectivity index (χ0n) is 11.9. The van der Waals surface area contributed by atoms with E-state index in [1.807, 2.05) is 0 Å². The summed E-state index contributed by atoms with van der Waals surface area (Å²) >= 11 is 2.07. The van der Waals surface area contributed by atoms with Crippen molar-refractivity contribution in [3.05, 3.63) is 38.7 Å². The molecule has 0 bridgehead atoms. The Morgan fingerprint density at radius 2 is 2.12 bits per heavy atom. The molecule has 2 aliphatic heterocycles. The van der Waals surface area contributed by atoms with E-state index in [1.165, 1.54) is 6.26 Å². The average molecular weight is 366 g/mol. The second-order valence-electron chi connectivity index (χ2n) is 5.42. The number of hydrogen-bond donors (Lipinski definition) is 2. The van der Waals surface area contributed by atoms with Gasteiger partial charge in [-0.3, -0.25) is 24.1 Å². The molecule has 0 saturated carbocycles. The van der Waals surface area contributed by atoms with E-state index in [-0.39, 0.29) is 4.87 Å². The number of furan rings is 1. The predicted octanol–water partition coefficient (Wildman–Crippen LogP) is 0.705. The number of carbonyl (C=O) groups is 3. The van der Waals surface area contributed by atoms with E-state index in [4.69, 9.17) is 9.52 Å². The Morgan fingerprint density at radius 3 is 2.79 bits per heavy atom. The summed E-state index contributed by atoms with van der Waals surface area (Å²) < 4.78 is 5.43. The molecule has 2 aromatic rings. The van der Waals surface area contributed by atoms with Crippen LogP contribution >= 0.6 is 23.1 Å². The molecule has 4 heterocycles. The number of rotatable bonds is 3. The number of aromatic amines is 1. The molecule has 4 rings (SSSR count). The highest BCUT2D eigenvalue weighted by atomic mass is 32.2. The third-order valence-corrected chi connectivity index (χ3v) is 6.46. The first-order valence-electron chi connectivity index (χ1n) is 6.97. The topological polar surface area (TPSA) is 121 Å². The van der Waals surface area contributed by atoms with Crippen LogP contribution in [0.2, 0.25) is 0 Å². The van der Waals surface area contributed by atoms with Crippen LogP contribution < -0.4 is 4.87 Å². The summed E-state index contributed by atoms with van der Waals surface area (Å²) in [6.07, 6.45) is 1.46. The Balaban J connectivity index is 1.84. The molecular formula is C14H10N2O6S2. The number of hydrogen-bond acceptors (Lipinski definition) is 7. The molecule has 0 radical (unpaired) electrons. The molecule has 10 heteroatoms. The van der Waals surface area contributed by atoms with Gasteiger partial charge in [0.15, 0.2) is 0 Å². The number of carboxylic acid groups (broad SMARTS) is 1. The molecule has 2 amide bonds. The maximum atomic E-state index is 12.7. The Morgan fingerprint density at radius 1 is 1.33 bits per heavy atom. The lowest BCUT2D eigenvalue weighted by Crippen LogP contribution is -2.36. The maximum Gasteiger partial charge on any atom is 0.323 e. The number of amides is 2. The standard InChI is InChI=1S/C14H10N2O6S2/c17-6(18)4-16-12(19)8-7(5-2-1-3-22-5)9-11(15-14(21)24-9)23-10(8)13(16)20/h1-3,7-8,10H,4H2,(H,15,21)(H,17,18)/t7-,8+,10-/m0/s1. The predicted molar refractivity (Wildman–Crippen MR) is 83.0 cm³/mol. The van der Waals surface area contributed by atoms with Gasteiger partial charge in [-0.15, -0.1) is 0 Å². The van der Waals surface area contributed by atoms with Crippen LogP contribution in [0.5, 0.6) is 0 Å². The number of fused-ring (bicyclic) bond motifs is 2. The molecule has 2 aromatic heterocycles. The Labute approximate surface area is 142 Å². The van der Waals surface area contributed by atoms with E-state index in [9.17, 15) is 19.2 Å². The van der Waals surface area contributed by atoms with E-state index in [1.54, 1.807) is 12.1 Å².